The van der Waals surface area contributed by atoms with Crippen LogP contribution < -0.4 is 10.6 Å². The molecule has 0 aromatic carbocycles. The van der Waals surface area contributed by atoms with Crippen molar-refractivity contribution in [1.82, 2.24) is 25.4 Å². The van der Waals surface area contributed by atoms with E-state index in [2.05, 4.69) is 60.0 Å². The van der Waals surface area contributed by atoms with Gasteiger partial charge in [0.15, 0.2) is 5.96 Å². The van der Waals surface area contributed by atoms with Gasteiger partial charge in [-0.1, -0.05) is 27.7 Å². The number of aliphatic imine (C=N–C) groups is 1. The van der Waals surface area contributed by atoms with Crippen LogP contribution in [-0.4, -0.2) is 52.1 Å². The van der Waals surface area contributed by atoms with Crippen LogP contribution in [0.4, 0.5) is 0 Å². The van der Waals surface area contributed by atoms with Crippen molar-refractivity contribution in [2.45, 2.75) is 91.0 Å². The monoisotopic (exact) mass is 516 g/mol. The summed E-state index contributed by atoms with van der Waals surface area (Å²) in [4.78, 5) is 4.76. The lowest BCUT2D eigenvalue weighted by molar-refractivity contribution is -0.188. The van der Waals surface area contributed by atoms with E-state index < -0.39 is 0 Å². The van der Waals surface area contributed by atoms with E-state index in [0.29, 0.717) is 30.0 Å². The summed E-state index contributed by atoms with van der Waals surface area (Å²) in [7, 11) is 0. The van der Waals surface area contributed by atoms with Crippen molar-refractivity contribution in [3.8, 4) is 0 Å². The molecule has 4 rings (SSSR count). The number of fused-ring (bicyclic) bond motifs is 2. The van der Waals surface area contributed by atoms with Gasteiger partial charge in [-0.05, 0) is 26.2 Å². The van der Waals surface area contributed by atoms with Crippen molar-refractivity contribution in [3.63, 3.8) is 0 Å². The van der Waals surface area contributed by atoms with E-state index in [1.807, 2.05) is 0 Å². The van der Waals surface area contributed by atoms with E-state index >= 15 is 0 Å². The molecule has 1 aromatic rings. The summed E-state index contributed by atoms with van der Waals surface area (Å²) in [5, 5.41) is 16.3. The van der Waals surface area contributed by atoms with Crippen LogP contribution in [0.15, 0.2) is 4.99 Å². The van der Waals surface area contributed by atoms with Gasteiger partial charge in [0.1, 0.15) is 11.6 Å². The zero-order valence-corrected chi connectivity index (χ0v) is 20.8. The van der Waals surface area contributed by atoms with E-state index in [-0.39, 0.29) is 29.4 Å². The maximum atomic E-state index is 6.06. The zero-order chi connectivity index (χ0) is 19.9. The number of hydrogen-bond donors (Lipinski definition) is 2. The van der Waals surface area contributed by atoms with Gasteiger partial charge in [-0.3, -0.25) is 4.99 Å². The van der Waals surface area contributed by atoms with Crippen LogP contribution in [-0.2, 0) is 17.7 Å². The van der Waals surface area contributed by atoms with Crippen LogP contribution in [0.1, 0.15) is 71.4 Å². The molecular formula is C21H37IN6O. The minimum Gasteiger partial charge on any atom is -0.377 e. The standard InChI is InChI=1S/C21H36N6O.HI/c1-6-22-20(24-17-15-8-7-11-28-18(15)21(17,4)5)23-14-9-10-16-25-26-19(13(2)3)27(16)12-14;/h13-15,17-18H,6-12H2,1-5H3,(H2,22,23,24);1H. The molecule has 1 aromatic heterocycles. The number of halogens is 1. The first-order valence-corrected chi connectivity index (χ1v) is 11.0. The predicted molar refractivity (Wildman–Crippen MR) is 126 cm³/mol. The van der Waals surface area contributed by atoms with E-state index in [9.17, 15) is 0 Å². The quantitative estimate of drug-likeness (QED) is 0.366. The summed E-state index contributed by atoms with van der Waals surface area (Å²) >= 11 is 0. The van der Waals surface area contributed by atoms with E-state index in [1.54, 1.807) is 0 Å². The zero-order valence-electron chi connectivity index (χ0n) is 18.4. The Labute approximate surface area is 191 Å². The lowest BCUT2D eigenvalue weighted by Gasteiger charge is -2.60. The van der Waals surface area contributed by atoms with Gasteiger partial charge in [0.25, 0.3) is 0 Å². The number of aromatic nitrogens is 3. The van der Waals surface area contributed by atoms with Crippen molar-refractivity contribution in [2.75, 3.05) is 13.2 Å². The molecule has 8 heteroatoms. The Morgan fingerprint density at radius 1 is 1.28 bits per heavy atom. The SMILES string of the molecule is CCN=C(NC1CCc2nnc(C(C)C)n2C1)NC1C2CCCOC2C1(C)C.I. The van der Waals surface area contributed by atoms with Gasteiger partial charge in [-0.25, -0.2) is 0 Å². The fourth-order valence-corrected chi connectivity index (χ4v) is 5.34. The molecular weight excluding hydrogens is 479 g/mol. The summed E-state index contributed by atoms with van der Waals surface area (Å²) in [6, 6.07) is 0.760. The Morgan fingerprint density at radius 3 is 2.79 bits per heavy atom. The Kier molecular flexibility index (Phi) is 7.13. The molecule has 164 valence electrons. The summed E-state index contributed by atoms with van der Waals surface area (Å²) in [5.74, 6) is 4.13. The molecule has 1 saturated heterocycles. The number of ether oxygens (including phenoxy) is 1. The highest BCUT2D eigenvalue weighted by Crippen LogP contribution is 2.51. The first-order chi connectivity index (χ1) is 13.4. The topological polar surface area (TPSA) is 76.4 Å². The van der Waals surface area contributed by atoms with Gasteiger partial charge in [-0.15, -0.1) is 34.2 Å². The Balaban J connectivity index is 0.00000240. The highest BCUT2D eigenvalue weighted by Gasteiger charge is 2.58. The number of guanidine groups is 1. The molecule has 3 aliphatic rings. The molecule has 2 N–H and O–H groups in total. The molecule has 0 bridgehead atoms. The first-order valence-electron chi connectivity index (χ1n) is 11.0. The molecule has 4 atom stereocenters. The highest BCUT2D eigenvalue weighted by atomic mass is 127. The molecule has 2 fully saturated rings. The Morgan fingerprint density at radius 2 is 2.07 bits per heavy atom. The average Bonchev–Trinajstić information content (AvgIpc) is 3.09. The van der Waals surface area contributed by atoms with Gasteiger partial charge >= 0.3 is 0 Å². The second kappa shape index (κ2) is 9.08. The summed E-state index contributed by atoms with van der Waals surface area (Å²) in [5.41, 5.74) is 0.139. The number of hydrogen-bond acceptors (Lipinski definition) is 4. The van der Waals surface area contributed by atoms with Gasteiger partial charge in [0.2, 0.25) is 0 Å². The maximum Gasteiger partial charge on any atom is 0.191 e. The van der Waals surface area contributed by atoms with E-state index in [0.717, 1.165) is 50.1 Å². The number of rotatable bonds is 4. The largest absolute Gasteiger partial charge is 0.377 e. The first kappa shape index (κ1) is 22.8. The fourth-order valence-electron chi connectivity index (χ4n) is 5.34. The van der Waals surface area contributed by atoms with Crippen LogP contribution in [0.25, 0.3) is 0 Å². The average molecular weight is 516 g/mol. The lowest BCUT2D eigenvalue weighted by atomic mass is 9.55. The van der Waals surface area contributed by atoms with Crippen molar-refractivity contribution >= 4 is 29.9 Å². The Hall–Kier alpha value is -0.900. The van der Waals surface area contributed by atoms with Gasteiger partial charge in [0, 0.05) is 55.5 Å². The molecule has 0 spiro atoms. The molecule has 3 heterocycles. The molecule has 7 nitrogen and oxygen atoms in total. The molecule has 2 aliphatic heterocycles. The predicted octanol–water partition coefficient (Wildman–Crippen LogP) is 3.09. The lowest BCUT2D eigenvalue weighted by Crippen LogP contribution is -2.71. The van der Waals surface area contributed by atoms with Crippen LogP contribution in [0.3, 0.4) is 0 Å². The third-order valence-electron chi connectivity index (χ3n) is 6.77. The Bertz CT molecular complexity index is 731. The molecule has 4 unspecified atom stereocenters. The van der Waals surface area contributed by atoms with Crippen molar-refractivity contribution in [1.29, 1.82) is 0 Å². The number of nitrogens with zero attached hydrogens (tertiary/aromatic N) is 4. The van der Waals surface area contributed by atoms with Crippen LogP contribution in [0, 0.1) is 11.3 Å². The second-order valence-electron chi connectivity index (χ2n) is 9.48. The van der Waals surface area contributed by atoms with Crippen molar-refractivity contribution in [2.24, 2.45) is 16.3 Å². The highest BCUT2D eigenvalue weighted by molar-refractivity contribution is 14.0. The summed E-state index contributed by atoms with van der Waals surface area (Å²) in [6.07, 6.45) is 4.81. The number of aryl methyl sites for hydroxylation is 1. The molecule has 1 saturated carbocycles. The van der Waals surface area contributed by atoms with Crippen LogP contribution >= 0.6 is 24.0 Å². The molecule has 1 aliphatic carbocycles. The fraction of sp³-hybridized carbons (Fsp3) is 0.857. The summed E-state index contributed by atoms with van der Waals surface area (Å²) in [6.45, 7) is 13.7. The smallest absolute Gasteiger partial charge is 0.191 e. The van der Waals surface area contributed by atoms with E-state index in [1.165, 1.54) is 12.8 Å². The summed E-state index contributed by atoms with van der Waals surface area (Å²) < 4.78 is 8.36. The molecule has 29 heavy (non-hydrogen) atoms. The third kappa shape index (κ3) is 4.29. The van der Waals surface area contributed by atoms with Crippen molar-refractivity contribution in [3.05, 3.63) is 11.6 Å². The molecule has 0 radical (unpaired) electrons. The van der Waals surface area contributed by atoms with Gasteiger partial charge in [0.05, 0.1) is 6.10 Å². The van der Waals surface area contributed by atoms with Crippen LogP contribution in [0.2, 0.25) is 0 Å². The second-order valence-corrected chi connectivity index (χ2v) is 9.48. The molecule has 0 amide bonds. The minimum atomic E-state index is 0. The normalized spacial score (nSPS) is 30.6. The van der Waals surface area contributed by atoms with Crippen LogP contribution in [0.5, 0.6) is 0 Å². The van der Waals surface area contributed by atoms with Gasteiger partial charge < -0.3 is 19.9 Å². The minimum absolute atomic E-state index is 0. The van der Waals surface area contributed by atoms with Gasteiger partial charge in [-0.2, -0.15) is 0 Å². The maximum absolute atomic E-state index is 6.06. The number of nitrogens with one attached hydrogen (secondary N) is 2. The van der Waals surface area contributed by atoms with Crippen molar-refractivity contribution < 1.29 is 4.74 Å². The van der Waals surface area contributed by atoms with E-state index in [4.69, 9.17) is 9.73 Å². The third-order valence-corrected chi connectivity index (χ3v) is 6.77.